The summed E-state index contributed by atoms with van der Waals surface area (Å²) in [7, 11) is 0. The van der Waals surface area contributed by atoms with Gasteiger partial charge in [0.15, 0.2) is 0 Å². The van der Waals surface area contributed by atoms with Crippen molar-refractivity contribution < 1.29 is 5.21 Å². The van der Waals surface area contributed by atoms with Crippen molar-refractivity contribution in [2.45, 2.75) is 38.9 Å². The van der Waals surface area contributed by atoms with Crippen molar-refractivity contribution in [1.82, 2.24) is 5.06 Å². The van der Waals surface area contributed by atoms with Gasteiger partial charge in [0.25, 0.3) is 0 Å². The molecule has 0 fully saturated rings. The van der Waals surface area contributed by atoms with Crippen molar-refractivity contribution in [2.24, 2.45) is 4.99 Å². The van der Waals surface area contributed by atoms with E-state index in [1.807, 2.05) is 6.07 Å². The van der Waals surface area contributed by atoms with Crippen LogP contribution in [0, 0.1) is 11.3 Å². The summed E-state index contributed by atoms with van der Waals surface area (Å²) < 4.78 is 0. The van der Waals surface area contributed by atoms with Gasteiger partial charge in [-0.25, -0.2) is 0 Å². The van der Waals surface area contributed by atoms with Crippen LogP contribution in [0.3, 0.4) is 0 Å². The van der Waals surface area contributed by atoms with Crippen molar-refractivity contribution in [3.8, 4) is 6.07 Å². The zero-order chi connectivity index (χ0) is 9.57. The van der Waals surface area contributed by atoms with Crippen LogP contribution in [0.5, 0.6) is 0 Å². The molecule has 4 nitrogen and oxygen atoms in total. The fourth-order valence-corrected chi connectivity index (χ4v) is 1.40. The number of aliphatic imine (C=N–C) groups is 1. The maximum absolute atomic E-state index is 9.65. The van der Waals surface area contributed by atoms with E-state index < -0.39 is 11.2 Å². The highest BCUT2D eigenvalue weighted by Crippen LogP contribution is 2.32. The molecule has 1 aliphatic rings. The molecule has 0 saturated heterocycles. The summed E-state index contributed by atoms with van der Waals surface area (Å²) >= 11 is 0. The standard InChI is InChI=1S/C8H13N3O/c1-7(2)6(5-9)10-8(3,4)11(7)12/h12H,1-4H3. The lowest BCUT2D eigenvalue weighted by atomic mass is 10.00. The first-order valence-electron chi connectivity index (χ1n) is 3.82. The predicted molar refractivity (Wildman–Crippen MR) is 44.8 cm³/mol. The number of nitrogens with zero attached hydrogens (tertiary/aromatic N) is 3. The van der Waals surface area contributed by atoms with Crippen LogP contribution in [-0.4, -0.2) is 27.2 Å². The third-order valence-corrected chi connectivity index (χ3v) is 2.12. The minimum Gasteiger partial charge on any atom is -0.311 e. The van der Waals surface area contributed by atoms with E-state index in [4.69, 9.17) is 5.26 Å². The summed E-state index contributed by atoms with van der Waals surface area (Å²) in [5, 5.41) is 19.5. The second-order valence-corrected chi connectivity index (χ2v) is 3.94. The van der Waals surface area contributed by atoms with Crippen molar-refractivity contribution in [2.75, 3.05) is 0 Å². The Morgan fingerprint density at radius 1 is 1.42 bits per heavy atom. The molecule has 0 atom stereocenters. The van der Waals surface area contributed by atoms with Gasteiger partial charge in [-0.05, 0) is 27.7 Å². The monoisotopic (exact) mass is 167 g/mol. The van der Waals surface area contributed by atoms with Gasteiger partial charge in [0.2, 0.25) is 0 Å². The molecule has 0 unspecified atom stereocenters. The first-order valence-corrected chi connectivity index (χ1v) is 3.82. The number of hydrogen-bond donors (Lipinski definition) is 1. The van der Waals surface area contributed by atoms with Crippen molar-refractivity contribution in [3.05, 3.63) is 0 Å². The summed E-state index contributed by atoms with van der Waals surface area (Å²) in [5.41, 5.74) is -0.984. The molecule has 4 heteroatoms. The first-order chi connectivity index (χ1) is 5.32. The molecule has 0 aromatic rings. The van der Waals surface area contributed by atoms with Gasteiger partial charge in [0.1, 0.15) is 17.4 Å². The first kappa shape index (κ1) is 9.17. The van der Waals surface area contributed by atoms with Crippen LogP contribution in [0.2, 0.25) is 0 Å². The lowest BCUT2D eigenvalue weighted by Gasteiger charge is -2.32. The molecule has 1 rings (SSSR count). The molecule has 12 heavy (non-hydrogen) atoms. The SMILES string of the molecule is CC1(C)N=C(C#N)C(C)(C)N1O. The highest BCUT2D eigenvalue weighted by Gasteiger charge is 2.47. The van der Waals surface area contributed by atoms with Gasteiger partial charge < -0.3 is 5.21 Å². The largest absolute Gasteiger partial charge is 0.311 e. The van der Waals surface area contributed by atoms with Crippen molar-refractivity contribution in [1.29, 1.82) is 5.26 Å². The van der Waals surface area contributed by atoms with Gasteiger partial charge in [-0.2, -0.15) is 10.3 Å². The lowest BCUT2D eigenvalue weighted by molar-refractivity contribution is -0.187. The minimum absolute atomic E-state index is 0.370. The van der Waals surface area contributed by atoms with Crippen molar-refractivity contribution in [3.63, 3.8) is 0 Å². The van der Waals surface area contributed by atoms with Gasteiger partial charge in [0, 0.05) is 0 Å². The van der Waals surface area contributed by atoms with E-state index in [1.165, 1.54) is 0 Å². The van der Waals surface area contributed by atoms with Crippen LogP contribution < -0.4 is 0 Å². The zero-order valence-corrected chi connectivity index (χ0v) is 7.79. The molecule has 1 heterocycles. The Morgan fingerprint density at radius 2 is 1.92 bits per heavy atom. The molecule has 0 bridgehead atoms. The van der Waals surface area contributed by atoms with Gasteiger partial charge in [-0.15, -0.1) is 0 Å². The molecular weight excluding hydrogens is 154 g/mol. The second kappa shape index (κ2) is 2.28. The van der Waals surface area contributed by atoms with Gasteiger partial charge in [0.05, 0.1) is 5.54 Å². The van der Waals surface area contributed by atoms with E-state index >= 15 is 0 Å². The molecule has 1 aliphatic heterocycles. The average molecular weight is 167 g/mol. The van der Waals surface area contributed by atoms with Crippen LogP contribution in [0.15, 0.2) is 4.99 Å². The van der Waals surface area contributed by atoms with Gasteiger partial charge >= 0.3 is 0 Å². The molecule has 0 radical (unpaired) electrons. The van der Waals surface area contributed by atoms with Gasteiger partial charge in [-0.3, -0.25) is 4.99 Å². The average Bonchev–Trinajstić information content (AvgIpc) is 2.11. The van der Waals surface area contributed by atoms with E-state index in [1.54, 1.807) is 27.7 Å². The number of hydroxylamine groups is 2. The number of nitriles is 1. The topological polar surface area (TPSA) is 59.6 Å². The normalized spacial score (nSPS) is 26.5. The van der Waals surface area contributed by atoms with E-state index in [9.17, 15) is 5.21 Å². The molecule has 0 amide bonds. The summed E-state index contributed by atoms with van der Waals surface area (Å²) in [6.45, 7) is 7.06. The molecule has 0 aliphatic carbocycles. The Balaban J connectivity index is 3.14. The highest BCUT2D eigenvalue weighted by molar-refractivity contribution is 6.06. The maximum Gasteiger partial charge on any atom is 0.136 e. The fourth-order valence-electron chi connectivity index (χ4n) is 1.40. The van der Waals surface area contributed by atoms with Crippen LogP contribution in [-0.2, 0) is 0 Å². The van der Waals surface area contributed by atoms with Crippen LogP contribution in [0.4, 0.5) is 0 Å². The summed E-state index contributed by atoms with van der Waals surface area (Å²) in [4.78, 5) is 4.10. The fraction of sp³-hybridized carbons (Fsp3) is 0.750. The number of rotatable bonds is 0. The number of hydrogen-bond acceptors (Lipinski definition) is 4. The minimum atomic E-state index is -0.686. The summed E-state index contributed by atoms with van der Waals surface area (Å²) in [6, 6.07) is 1.99. The zero-order valence-electron chi connectivity index (χ0n) is 7.79. The Labute approximate surface area is 72.1 Å². The van der Waals surface area contributed by atoms with Crippen LogP contribution in [0.25, 0.3) is 0 Å². The van der Waals surface area contributed by atoms with E-state index in [0.717, 1.165) is 5.06 Å². The lowest BCUT2D eigenvalue weighted by Crippen LogP contribution is -2.49. The summed E-state index contributed by atoms with van der Waals surface area (Å²) in [6.07, 6.45) is 0. The highest BCUT2D eigenvalue weighted by atomic mass is 16.5. The van der Waals surface area contributed by atoms with E-state index in [0.29, 0.717) is 5.71 Å². The molecule has 66 valence electrons. The third-order valence-electron chi connectivity index (χ3n) is 2.12. The van der Waals surface area contributed by atoms with E-state index in [-0.39, 0.29) is 0 Å². The van der Waals surface area contributed by atoms with Crippen molar-refractivity contribution >= 4 is 5.71 Å². The molecule has 1 N–H and O–H groups in total. The Hall–Kier alpha value is -0.920. The molecular formula is C8H13N3O. The molecule has 0 aromatic carbocycles. The maximum atomic E-state index is 9.65. The molecule has 0 spiro atoms. The van der Waals surface area contributed by atoms with E-state index in [2.05, 4.69) is 4.99 Å². The van der Waals surface area contributed by atoms with Crippen LogP contribution >= 0.6 is 0 Å². The predicted octanol–water partition coefficient (Wildman–Crippen LogP) is 1.17. The van der Waals surface area contributed by atoms with Crippen LogP contribution in [0.1, 0.15) is 27.7 Å². The third kappa shape index (κ3) is 1.02. The Morgan fingerprint density at radius 3 is 2.08 bits per heavy atom. The molecule has 0 saturated carbocycles. The quantitative estimate of drug-likeness (QED) is 0.589. The smallest absolute Gasteiger partial charge is 0.136 e. The Bertz CT molecular complexity index is 273. The van der Waals surface area contributed by atoms with Gasteiger partial charge in [-0.1, -0.05) is 0 Å². The summed E-state index contributed by atoms with van der Waals surface area (Å²) in [5.74, 6) is 0. The Kier molecular flexibility index (Phi) is 1.74. The second-order valence-electron chi connectivity index (χ2n) is 3.94. The molecule has 0 aromatic heterocycles.